The Kier molecular flexibility index (Phi) is 5.58. The molecular formula is C12H24INO. The van der Waals surface area contributed by atoms with Crippen molar-refractivity contribution in [2.75, 3.05) is 0 Å². The number of primary amides is 1. The smallest absolute Gasteiger partial charge is 0.221 e. The van der Waals surface area contributed by atoms with Crippen LogP contribution in [-0.2, 0) is 4.79 Å². The van der Waals surface area contributed by atoms with Crippen molar-refractivity contribution in [2.24, 2.45) is 17.1 Å². The molecule has 1 amide bonds. The molecule has 0 spiro atoms. The van der Waals surface area contributed by atoms with E-state index >= 15 is 0 Å². The molecule has 0 saturated carbocycles. The van der Waals surface area contributed by atoms with Crippen molar-refractivity contribution < 1.29 is 4.79 Å². The highest BCUT2D eigenvalue weighted by molar-refractivity contribution is 14.1. The fourth-order valence-corrected chi connectivity index (χ4v) is 2.95. The Morgan fingerprint density at radius 1 is 1.33 bits per heavy atom. The molecule has 2 N–H and O–H groups in total. The van der Waals surface area contributed by atoms with Gasteiger partial charge < -0.3 is 5.73 Å². The first kappa shape index (κ1) is 15.2. The van der Waals surface area contributed by atoms with Crippen molar-refractivity contribution in [3.05, 3.63) is 0 Å². The first-order valence-corrected chi connectivity index (χ1v) is 6.66. The van der Waals surface area contributed by atoms with Gasteiger partial charge in [0.2, 0.25) is 5.91 Å². The molecule has 15 heavy (non-hydrogen) atoms. The molecule has 3 heteroatoms. The van der Waals surface area contributed by atoms with Crippen molar-refractivity contribution in [1.82, 2.24) is 0 Å². The summed E-state index contributed by atoms with van der Waals surface area (Å²) in [6.45, 7) is 10.7. The Balaban J connectivity index is 4.74. The SMILES string of the molecule is CCCC(C)(I)C(CC(C)(C)C)C(N)=O. The van der Waals surface area contributed by atoms with Crippen LogP contribution in [0.2, 0.25) is 0 Å². The lowest BCUT2D eigenvalue weighted by atomic mass is 9.77. The Bertz CT molecular complexity index is 218. The maximum absolute atomic E-state index is 11.5. The summed E-state index contributed by atoms with van der Waals surface area (Å²) in [6.07, 6.45) is 2.99. The van der Waals surface area contributed by atoms with Crippen LogP contribution in [0, 0.1) is 11.3 Å². The Morgan fingerprint density at radius 3 is 2.07 bits per heavy atom. The van der Waals surface area contributed by atoms with Crippen LogP contribution in [0.5, 0.6) is 0 Å². The Hall–Kier alpha value is 0.200. The number of carbonyl (C=O) groups is 1. The van der Waals surface area contributed by atoms with Gasteiger partial charge in [-0.3, -0.25) is 4.79 Å². The molecule has 0 rings (SSSR count). The number of halogens is 1. The van der Waals surface area contributed by atoms with Gasteiger partial charge in [-0.15, -0.1) is 0 Å². The Morgan fingerprint density at radius 2 is 1.80 bits per heavy atom. The van der Waals surface area contributed by atoms with Gasteiger partial charge in [0.1, 0.15) is 0 Å². The number of amides is 1. The minimum Gasteiger partial charge on any atom is -0.369 e. The monoisotopic (exact) mass is 325 g/mol. The summed E-state index contributed by atoms with van der Waals surface area (Å²) in [5.41, 5.74) is 5.67. The summed E-state index contributed by atoms with van der Waals surface area (Å²) in [4.78, 5) is 11.5. The molecule has 0 aliphatic heterocycles. The molecule has 0 aliphatic rings. The highest BCUT2D eigenvalue weighted by Gasteiger charge is 2.37. The molecule has 0 aromatic rings. The van der Waals surface area contributed by atoms with E-state index in [1.165, 1.54) is 0 Å². The van der Waals surface area contributed by atoms with E-state index in [0.29, 0.717) is 0 Å². The lowest BCUT2D eigenvalue weighted by Gasteiger charge is -2.34. The molecular weight excluding hydrogens is 301 g/mol. The number of carbonyl (C=O) groups excluding carboxylic acids is 1. The zero-order valence-electron chi connectivity index (χ0n) is 10.6. The van der Waals surface area contributed by atoms with Crippen LogP contribution < -0.4 is 5.73 Å². The molecule has 0 fully saturated rings. The second kappa shape index (κ2) is 5.51. The molecule has 2 unspecified atom stereocenters. The molecule has 0 bridgehead atoms. The van der Waals surface area contributed by atoms with Crippen molar-refractivity contribution in [3.8, 4) is 0 Å². The van der Waals surface area contributed by atoms with Gasteiger partial charge in [0.05, 0.1) is 5.92 Å². The van der Waals surface area contributed by atoms with Crippen molar-refractivity contribution in [3.63, 3.8) is 0 Å². The van der Waals surface area contributed by atoms with Gasteiger partial charge in [0, 0.05) is 3.42 Å². The number of rotatable bonds is 5. The maximum atomic E-state index is 11.5. The summed E-state index contributed by atoms with van der Waals surface area (Å²) < 4.78 is -0.00831. The third-order valence-corrected chi connectivity index (χ3v) is 3.92. The summed E-state index contributed by atoms with van der Waals surface area (Å²) >= 11 is 2.39. The van der Waals surface area contributed by atoms with E-state index in [9.17, 15) is 4.79 Å². The number of alkyl halides is 1. The number of hydrogen-bond acceptors (Lipinski definition) is 1. The van der Waals surface area contributed by atoms with E-state index in [2.05, 4.69) is 57.2 Å². The fraction of sp³-hybridized carbons (Fsp3) is 0.917. The van der Waals surface area contributed by atoms with Crippen LogP contribution in [0.25, 0.3) is 0 Å². The third kappa shape index (κ3) is 5.73. The Labute approximate surface area is 108 Å². The highest BCUT2D eigenvalue weighted by Crippen LogP contribution is 2.39. The molecule has 90 valence electrons. The normalized spacial score (nSPS) is 18.3. The largest absolute Gasteiger partial charge is 0.369 e. The molecule has 0 aromatic carbocycles. The lowest BCUT2D eigenvalue weighted by molar-refractivity contribution is -0.123. The summed E-state index contributed by atoms with van der Waals surface area (Å²) in [5.74, 6) is -0.187. The average Bonchev–Trinajstić information content (AvgIpc) is 1.97. The molecule has 0 aliphatic carbocycles. The minimum atomic E-state index is -0.157. The van der Waals surface area contributed by atoms with Gasteiger partial charge in [-0.25, -0.2) is 0 Å². The van der Waals surface area contributed by atoms with E-state index in [4.69, 9.17) is 5.73 Å². The lowest BCUT2D eigenvalue weighted by Crippen LogP contribution is -2.40. The zero-order chi connectivity index (χ0) is 12.3. The summed E-state index contributed by atoms with van der Waals surface area (Å²) in [6, 6.07) is 0. The molecule has 0 heterocycles. The first-order valence-electron chi connectivity index (χ1n) is 5.58. The van der Waals surface area contributed by atoms with Crippen LogP contribution >= 0.6 is 22.6 Å². The van der Waals surface area contributed by atoms with Gasteiger partial charge in [0.15, 0.2) is 0 Å². The number of nitrogens with two attached hydrogens (primary N) is 1. The standard InChI is InChI=1S/C12H24INO/c1-6-7-12(5,13)9(10(14)15)8-11(2,3)4/h9H,6-8H2,1-5H3,(H2,14,15). The van der Waals surface area contributed by atoms with Crippen LogP contribution in [0.3, 0.4) is 0 Å². The topological polar surface area (TPSA) is 43.1 Å². The zero-order valence-corrected chi connectivity index (χ0v) is 12.7. The van der Waals surface area contributed by atoms with Crippen molar-refractivity contribution in [1.29, 1.82) is 0 Å². The summed E-state index contributed by atoms with van der Waals surface area (Å²) in [7, 11) is 0. The second-order valence-corrected chi connectivity index (χ2v) is 8.21. The van der Waals surface area contributed by atoms with Crippen LogP contribution in [-0.4, -0.2) is 9.33 Å². The van der Waals surface area contributed by atoms with Gasteiger partial charge in [-0.2, -0.15) is 0 Å². The van der Waals surface area contributed by atoms with Gasteiger partial charge in [-0.05, 0) is 25.2 Å². The van der Waals surface area contributed by atoms with E-state index in [1.807, 2.05) is 0 Å². The van der Waals surface area contributed by atoms with E-state index in [1.54, 1.807) is 0 Å². The molecule has 2 nitrogen and oxygen atoms in total. The van der Waals surface area contributed by atoms with E-state index < -0.39 is 0 Å². The quantitative estimate of drug-likeness (QED) is 0.610. The predicted octanol–water partition coefficient (Wildman–Crippen LogP) is 3.52. The van der Waals surface area contributed by atoms with Crippen LogP contribution in [0.15, 0.2) is 0 Å². The fourth-order valence-electron chi connectivity index (χ4n) is 1.89. The van der Waals surface area contributed by atoms with Gasteiger partial charge in [-0.1, -0.05) is 56.7 Å². The predicted molar refractivity (Wildman–Crippen MR) is 74.1 cm³/mol. The van der Waals surface area contributed by atoms with Crippen molar-refractivity contribution >= 4 is 28.5 Å². The van der Waals surface area contributed by atoms with Crippen molar-refractivity contribution in [2.45, 2.75) is 57.3 Å². The molecule has 0 aromatic heterocycles. The highest BCUT2D eigenvalue weighted by atomic mass is 127. The maximum Gasteiger partial charge on any atom is 0.221 e. The van der Waals surface area contributed by atoms with Gasteiger partial charge >= 0.3 is 0 Å². The average molecular weight is 325 g/mol. The van der Waals surface area contributed by atoms with Crippen LogP contribution in [0.1, 0.15) is 53.9 Å². The van der Waals surface area contributed by atoms with Crippen LogP contribution in [0.4, 0.5) is 0 Å². The number of hydrogen-bond donors (Lipinski definition) is 1. The van der Waals surface area contributed by atoms with Gasteiger partial charge in [0.25, 0.3) is 0 Å². The molecule has 2 atom stereocenters. The summed E-state index contributed by atoms with van der Waals surface area (Å²) in [5, 5.41) is 0. The third-order valence-electron chi connectivity index (χ3n) is 2.63. The molecule has 0 saturated heterocycles. The minimum absolute atomic E-state index is 0.00831. The van der Waals surface area contributed by atoms with E-state index in [0.717, 1.165) is 19.3 Å². The van der Waals surface area contributed by atoms with E-state index in [-0.39, 0.29) is 20.7 Å². The first-order chi connectivity index (χ1) is 6.60. The second-order valence-electron chi connectivity index (χ2n) is 5.75. The molecule has 0 radical (unpaired) electrons.